The Kier molecular flexibility index (Phi) is 7.70. The van der Waals surface area contributed by atoms with E-state index in [1.54, 1.807) is 19.0 Å². The van der Waals surface area contributed by atoms with E-state index in [2.05, 4.69) is 34.9 Å². The van der Waals surface area contributed by atoms with Crippen LogP contribution < -0.4 is 10.6 Å². The summed E-state index contributed by atoms with van der Waals surface area (Å²) < 4.78 is 5.66. The third-order valence-corrected chi connectivity index (χ3v) is 6.91. The van der Waals surface area contributed by atoms with Crippen molar-refractivity contribution in [3.05, 3.63) is 59.7 Å². The average molecular weight is 480 g/mol. The van der Waals surface area contributed by atoms with Crippen LogP contribution in [0.3, 0.4) is 0 Å². The van der Waals surface area contributed by atoms with Crippen molar-refractivity contribution in [2.45, 2.75) is 43.7 Å². The second kappa shape index (κ2) is 10.9. The predicted molar refractivity (Wildman–Crippen MR) is 132 cm³/mol. The third kappa shape index (κ3) is 5.65. The zero-order chi connectivity index (χ0) is 24.9. The fraction of sp³-hybridized carbons (Fsp3) is 0.444. The largest absolute Gasteiger partial charge is 0.480 e. The summed E-state index contributed by atoms with van der Waals surface area (Å²) in [7, 11) is 3.51. The Morgan fingerprint density at radius 1 is 1.00 bits per heavy atom. The molecule has 2 aliphatic rings. The fourth-order valence-electron chi connectivity index (χ4n) is 5.24. The molecule has 0 radical (unpaired) electrons. The van der Waals surface area contributed by atoms with Crippen molar-refractivity contribution in [2.24, 2.45) is 5.92 Å². The van der Waals surface area contributed by atoms with Gasteiger partial charge >= 0.3 is 12.1 Å². The Labute approximate surface area is 205 Å². The molecule has 2 aromatic carbocycles. The first-order valence-corrected chi connectivity index (χ1v) is 12.1. The molecule has 2 aromatic rings. The van der Waals surface area contributed by atoms with E-state index < -0.39 is 30.1 Å². The van der Waals surface area contributed by atoms with Crippen molar-refractivity contribution in [3.8, 4) is 11.1 Å². The molecule has 4 rings (SSSR count). The molecule has 0 bridgehead atoms. The molecule has 8 nitrogen and oxygen atoms in total. The number of amides is 2. The van der Waals surface area contributed by atoms with Gasteiger partial charge in [-0.05, 0) is 49.2 Å². The highest BCUT2D eigenvalue weighted by molar-refractivity contribution is 5.86. The van der Waals surface area contributed by atoms with E-state index in [0.717, 1.165) is 35.1 Å². The van der Waals surface area contributed by atoms with Crippen LogP contribution >= 0.6 is 0 Å². The lowest BCUT2D eigenvalue weighted by atomic mass is 9.83. The molecule has 0 aromatic heterocycles. The van der Waals surface area contributed by atoms with Crippen LogP contribution in [0.5, 0.6) is 0 Å². The highest BCUT2D eigenvalue weighted by Crippen LogP contribution is 2.44. The first-order chi connectivity index (χ1) is 16.8. The smallest absolute Gasteiger partial charge is 0.407 e. The van der Waals surface area contributed by atoms with E-state index in [0.29, 0.717) is 12.8 Å². The Balaban J connectivity index is 1.38. The maximum absolute atomic E-state index is 12.9. The van der Waals surface area contributed by atoms with Gasteiger partial charge in [-0.25, -0.2) is 9.59 Å². The quantitative estimate of drug-likeness (QED) is 0.537. The number of carbonyl (C=O) groups is 3. The van der Waals surface area contributed by atoms with Crippen molar-refractivity contribution in [1.29, 1.82) is 0 Å². The number of fused-ring (bicyclic) bond motifs is 3. The van der Waals surface area contributed by atoms with Crippen LogP contribution in [0.4, 0.5) is 4.79 Å². The molecule has 2 aliphatic carbocycles. The molecule has 186 valence electrons. The number of rotatable bonds is 8. The lowest BCUT2D eigenvalue weighted by Gasteiger charge is -2.32. The molecule has 0 spiro atoms. The van der Waals surface area contributed by atoms with Gasteiger partial charge in [-0.1, -0.05) is 61.4 Å². The Bertz CT molecular complexity index is 1040. The first-order valence-electron chi connectivity index (χ1n) is 12.1. The topological polar surface area (TPSA) is 108 Å². The molecule has 1 fully saturated rings. The fourth-order valence-corrected chi connectivity index (χ4v) is 5.24. The van der Waals surface area contributed by atoms with Crippen molar-refractivity contribution in [3.63, 3.8) is 0 Å². The lowest BCUT2D eigenvalue weighted by molar-refractivity contribution is -0.143. The van der Waals surface area contributed by atoms with Crippen LogP contribution in [-0.2, 0) is 14.3 Å². The van der Waals surface area contributed by atoms with Gasteiger partial charge in [-0.3, -0.25) is 4.79 Å². The Morgan fingerprint density at radius 2 is 1.60 bits per heavy atom. The summed E-state index contributed by atoms with van der Waals surface area (Å²) in [5.74, 6) is -1.96. The van der Waals surface area contributed by atoms with Crippen molar-refractivity contribution >= 4 is 18.0 Å². The van der Waals surface area contributed by atoms with Crippen LogP contribution in [0, 0.1) is 5.92 Å². The minimum Gasteiger partial charge on any atom is -0.480 e. The summed E-state index contributed by atoms with van der Waals surface area (Å²) in [6.07, 6.45) is 2.42. The number of nitrogens with one attached hydrogen (secondary N) is 2. The number of ether oxygens (including phenoxy) is 1. The molecule has 0 aliphatic heterocycles. The van der Waals surface area contributed by atoms with Gasteiger partial charge in [0.05, 0.1) is 5.92 Å². The number of benzene rings is 2. The summed E-state index contributed by atoms with van der Waals surface area (Å²) in [6.45, 7) is 0.394. The molecule has 1 saturated carbocycles. The van der Waals surface area contributed by atoms with Crippen LogP contribution in [0.1, 0.15) is 42.7 Å². The van der Waals surface area contributed by atoms with Crippen molar-refractivity contribution in [2.75, 3.05) is 27.2 Å². The number of carboxylic acids is 1. The molecule has 2 amide bonds. The van der Waals surface area contributed by atoms with Gasteiger partial charge in [0.15, 0.2) is 0 Å². The van der Waals surface area contributed by atoms with Crippen LogP contribution in [0.15, 0.2) is 48.5 Å². The summed E-state index contributed by atoms with van der Waals surface area (Å²) in [5, 5.41) is 15.0. The van der Waals surface area contributed by atoms with Gasteiger partial charge in [0.2, 0.25) is 5.91 Å². The Morgan fingerprint density at radius 3 is 2.20 bits per heavy atom. The molecule has 1 unspecified atom stereocenters. The predicted octanol–water partition coefficient (Wildman–Crippen LogP) is 3.21. The normalized spacial score (nSPS) is 20.0. The molecule has 8 heteroatoms. The van der Waals surface area contributed by atoms with Gasteiger partial charge in [0.1, 0.15) is 12.6 Å². The minimum atomic E-state index is -1.08. The minimum absolute atomic E-state index is 0.0408. The number of hydrogen-bond acceptors (Lipinski definition) is 5. The molecule has 3 atom stereocenters. The van der Waals surface area contributed by atoms with E-state index in [-0.39, 0.29) is 25.0 Å². The van der Waals surface area contributed by atoms with E-state index in [4.69, 9.17) is 4.74 Å². The summed E-state index contributed by atoms with van der Waals surface area (Å²) >= 11 is 0. The van der Waals surface area contributed by atoms with Crippen LogP contribution in [-0.4, -0.2) is 67.3 Å². The van der Waals surface area contributed by atoms with Crippen molar-refractivity contribution in [1.82, 2.24) is 15.5 Å². The second-order valence-corrected chi connectivity index (χ2v) is 9.63. The number of alkyl carbamates (subject to hydrolysis) is 1. The number of hydrogen-bond donors (Lipinski definition) is 3. The van der Waals surface area contributed by atoms with E-state index in [9.17, 15) is 19.5 Å². The van der Waals surface area contributed by atoms with Gasteiger partial charge in [-0.2, -0.15) is 0 Å². The number of carboxylic acid groups (broad SMARTS) is 1. The monoisotopic (exact) mass is 479 g/mol. The second-order valence-electron chi connectivity index (χ2n) is 9.63. The molecule has 0 saturated heterocycles. The maximum atomic E-state index is 12.9. The molecular formula is C27H33N3O5. The van der Waals surface area contributed by atoms with E-state index in [1.165, 1.54) is 0 Å². The Hall–Kier alpha value is -3.39. The highest BCUT2D eigenvalue weighted by atomic mass is 16.5. The van der Waals surface area contributed by atoms with Gasteiger partial charge < -0.3 is 25.4 Å². The average Bonchev–Trinajstić information content (AvgIpc) is 3.16. The number of aliphatic carboxylic acids is 1. The molecule has 0 heterocycles. The lowest BCUT2D eigenvalue weighted by Crippen LogP contribution is -2.53. The van der Waals surface area contributed by atoms with Gasteiger partial charge in [0, 0.05) is 18.5 Å². The molecule has 35 heavy (non-hydrogen) atoms. The maximum Gasteiger partial charge on any atom is 0.407 e. The number of likely N-dealkylation sites (N-methyl/N-ethyl adjacent to an activating group) is 1. The van der Waals surface area contributed by atoms with E-state index in [1.807, 2.05) is 24.3 Å². The number of nitrogens with zero attached hydrogens (tertiary/aromatic N) is 1. The standard InChI is InChI=1S/C27H33N3O5/c1-30(2)15-24(26(32)33)28-25(31)21-13-7-8-14-23(21)29-27(34)35-16-22-19-11-5-3-9-17(19)18-10-4-6-12-20(18)22/h3-6,9-12,21-24H,7-8,13-16H2,1-2H3,(H,28,31)(H,29,34)(H,32,33)/t21-,23+,24?/m0/s1. The van der Waals surface area contributed by atoms with Gasteiger partial charge in [-0.15, -0.1) is 0 Å². The third-order valence-electron chi connectivity index (χ3n) is 6.91. The zero-order valence-corrected chi connectivity index (χ0v) is 20.2. The van der Waals surface area contributed by atoms with Crippen LogP contribution in [0.25, 0.3) is 11.1 Å². The van der Waals surface area contributed by atoms with Crippen LogP contribution in [0.2, 0.25) is 0 Å². The zero-order valence-electron chi connectivity index (χ0n) is 20.2. The van der Waals surface area contributed by atoms with Gasteiger partial charge in [0.25, 0.3) is 0 Å². The summed E-state index contributed by atoms with van der Waals surface area (Å²) in [5.41, 5.74) is 4.59. The highest BCUT2D eigenvalue weighted by Gasteiger charge is 2.35. The first kappa shape index (κ1) is 24.7. The summed E-state index contributed by atoms with van der Waals surface area (Å²) in [4.78, 5) is 39.0. The molecular weight excluding hydrogens is 446 g/mol. The molecule has 3 N–H and O–H groups in total. The number of carbonyl (C=O) groups excluding carboxylic acids is 2. The van der Waals surface area contributed by atoms with Crippen molar-refractivity contribution < 1.29 is 24.2 Å². The van der Waals surface area contributed by atoms with E-state index >= 15 is 0 Å². The summed E-state index contributed by atoms with van der Waals surface area (Å²) in [6, 6.07) is 14.9. The SMILES string of the molecule is CN(C)CC(NC(=O)[C@H]1CCCC[C@H]1NC(=O)OCC1c2ccccc2-c2ccccc21)C(=O)O.